The molecule has 0 atom stereocenters. The summed E-state index contributed by atoms with van der Waals surface area (Å²) in [5.74, 6) is 0. The summed E-state index contributed by atoms with van der Waals surface area (Å²) < 4.78 is 7.91. The molecule has 0 aliphatic heterocycles. The van der Waals surface area contributed by atoms with Crippen LogP contribution in [-0.4, -0.2) is 15.0 Å². The first-order valence-electron chi connectivity index (χ1n) is 9.69. The summed E-state index contributed by atoms with van der Waals surface area (Å²) in [6.45, 7) is 6.33. The molecule has 0 spiro atoms. The average molecular weight is 428 g/mol. The molecular formula is C24H17N3OS2. The zero-order chi connectivity index (χ0) is 20.4. The summed E-state index contributed by atoms with van der Waals surface area (Å²) in [4.78, 5) is 14.2. The first-order chi connectivity index (χ1) is 14.6. The first-order valence-corrected chi connectivity index (χ1v) is 11.3. The Kier molecular flexibility index (Phi) is 3.82. The zero-order valence-corrected chi connectivity index (χ0v) is 18.3. The van der Waals surface area contributed by atoms with Crippen LogP contribution in [0.25, 0.3) is 52.7 Å². The van der Waals surface area contributed by atoms with Gasteiger partial charge in [0.25, 0.3) is 0 Å². The molecule has 0 aliphatic rings. The van der Waals surface area contributed by atoms with Gasteiger partial charge in [0.2, 0.25) is 0 Å². The van der Waals surface area contributed by atoms with E-state index >= 15 is 0 Å². The van der Waals surface area contributed by atoms with Crippen molar-refractivity contribution < 1.29 is 4.42 Å². The molecular weight excluding hydrogens is 410 g/mol. The number of fused-ring (bicyclic) bond motifs is 3. The van der Waals surface area contributed by atoms with Crippen molar-refractivity contribution in [1.82, 2.24) is 15.0 Å². The van der Waals surface area contributed by atoms with E-state index in [2.05, 4.69) is 61.3 Å². The molecule has 0 saturated carbocycles. The van der Waals surface area contributed by atoms with Gasteiger partial charge in [0.1, 0.15) is 15.5 Å². The molecule has 0 N–H and O–H groups in total. The molecule has 0 aliphatic carbocycles. The van der Waals surface area contributed by atoms with Crippen molar-refractivity contribution in [3.8, 4) is 21.1 Å². The van der Waals surface area contributed by atoms with Crippen LogP contribution < -0.4 is 0 Å². The number of oxazole rings is 1. The lowest BCUT2D eigenvalue weighted by Crippen LogP contribution is -1.83. The fourth-order valence-corrected chi connectivity index (χ4v) is 6.12. The maximum atomic E-state index is 5.48. The van der Waals surface area contributed by atoms with Gasteiger partial charge < -0.3 is 4.42 Å². The highest BCUT2D eigenvalue weighted by Gasteiger charge is 2.16. The summed E-state index contributed by atoms with van der Waals surface area (Å²) >= 11 is 3.47. The number of nitrogens with zero attached hydrogens (tertiary/aromatic N) is 3. The van der Waals surface area contributed by atoms with E-state index in [4.69, 9.17) is 14.4 Å². The van der Waals surface area contributed by atoms with Crippen molar-refractivity contribution in [2.24, 2.45) is 0 Å². The summed E-state index contributed by atoms with van der Waals surface area (Å²) in [6, 6.07) is 14.8. The van der Waals surface area contributed by atoms with E-state index in [9.17, 15) is 0 Å². The topological polar surface area (TPSA) is 51.8 Å². The summed E-state index contributed by atoms with van der Waals surface area (Å²) in [5, 5.41) is 2.06. The monoisotopic (exact) mass is 427 g/mol. The Labute approximate surface area is 180 Å². The number of para-hydroxylation sites is 1. The van der Waals surface area contributed by atoms with Gasteiger partial charge in [-0.25, -0.2) is 15.0 Å². The standard InChI is InChI=1S/C24H17N3OS2/c1-12-5-4-6-19-20(12)27-24(29-19)16-7-8-17-22(14(16)3)30-23(26-17)15-9-13(2)21-18(10-15)25-11-28-21/h4-11H,1-3H3. The molecule has 3 heterocycles. The van der Waals surface area contributed by atoms with Gasteiger partial charge in [-0.3, -0.25) is 0 Å². The van der Waals surface area contributed by atoms with Gasteiger partial charge in [0, 0.05) is 11.1 Å². The number of thiazole rings is 2. The van der Waals surface area contributed by atoms with Gasteiger partial charge in [-0.1, -0.05) is 12.1 Å². The quantitative estimate of drug-likeness (QED) is 0.291. The maximum Gasteiger partial charge on any atom is 0.181 e. The molecule has 6 aromatic rings. The molecule has 0 unspecified atom stereocenters. The second-order valence-electron chi connectivity index (χ2n) is 7.54. The van der Waals surface area contributed by atoms with Crippen LogP contribution in [0.15, 0.2) is 53.3 Å². The van der Waals surface area contributed by atoms with E-state index in [0.717, 1.165) is 43.3 Å². The lowest BCUT2D eigenvalue weighted by atomic mass is 10.1. The highest BCUT2D eigenvalue weighted by atomic mass is 32.1. The van der Waals surface area contributed by atoms with Crippen LogP contribution in [0.1, 0.15) is 16.7 Å². The van der Waals surface area contributed by atoms with E-state index in [1.165, 1.54) is 32.5 Å². The van der Waals surface area contributed by atoms with Crippen LogP contribution in [0.2, 0.25) is 0 Å². The number of hydrogen-bond donors (Lipinski definition) is 0. The Morgan fingerprint density at radius 2 is 1.73 bits per heavy atom. The van der Waals surface area contributed by atoms with Crippen molar-refractivity contribution in [2.75, 3.05) is 0 Å². The molecule has 6 rings (SSSR count). The Bertz CT molecular complexity index is 1590. The molecule has 0 radical (unpaired) electrons. The van der Waals surface area contributed by atoms with Crippen molar-refractivity contribution in [1.29, 1.82) is 0 Å². The molecule has 6 heteroatoms. The molecule has 0 amide bonds. The number of benzene rings is 3. The number of hydrogen-bond acceptors (Lipinski definition) is 6. The number of aryl methyl sites for hydroxylation is 3. The maximum absolute atomic E-state index is 5.48. The van der Waals surface area contributed by atoms with Crippen molar-refractivity contribution in [3.63, 3.8) is 0 Å². The van der Waals surface area contributed by atoms with E-state index in [1.54, 1.807) is 22.7 Å². The predicted molar refractivity (Wildman–Crippen MR) is 125 cm³/mol. The molecule has 0 saturated heterocycles. The molecule has 0 fully saturated rings. The van der Waals surface area contributed by atoms with Gasteiger partial charge in [0.15, 0.2) is 12.0 Å². The summed E-state index contributed by atoms with van der Waals surface area (Å²) in [6.07, 6.45) is 1.50. The molecule has 3 aromatic carbocycles. The third-order valence-electron chi connectivity index (χ3n) is 5.52. The van der Waals surface area contributed by atoms with Crippen molar-refractivity contribution in [3.05, 3.63) is 65.5 Å². The second kappa shape index (κ2) is 6.45. The molecule has 146 valence electrons. The van der Waals surface area contributed by atoms with E-state index in [-0.39, 0.29) is 0 Å². The Morgan fingerprint density at radius 1 is 0.833 bits per heavy atom. The molecule has 3 aromatic heterocycles. The number of aromatic nitrogens is 3. The Morgan fingerprint density at radius 3 is 2.60 bits per heavy atom. The van der Waals surface area contributed by atoms with E-state index in [1.807, 2.05) is 6.92 Å². The van der Waals surface area contributed by atoms with Crippen molar-refractivity contribution in [2.45, 2.75) is 20.8 Å². The lowest BCUT2D eigenvalue weighted by Gasteiger charge is -2.02. The minimum atomic E-state index is 0.837. The smallest absolute Gasteiger partial charge is 0.181 e. The Balaban J connectivity index is 1.51. The first kappa shape index (κ1) is 17.7. The van der Waals surface area contributed by atoms with Crippen LogP contribution in [0, 0.1) is 20.8 Å². The van der Waals surface area contributed by atoms with Gasteiger partial charge in [-0.15, -0.1) is 22.7 Å². The van der Waals surface area contributed by atoms with Gasteiger partial charge in [-0.2, -0.15) is 0 Å². The SMILES string of the molecule is Cc1cccc2sc(-c3ccc4nc(-c5cc(C)c6ocnc6c5)sc4c3C)nc12. The summed E-state index contributed by atoms with van der Waals surface area (Å²) in [5.41, 5.74) is 9.59. The average Bonchev–Trinajstić information content (AvgIpc) is 3.46. The molecule has 4 nitrogen and oxygen atoms in total. The van der Waals surface area contributed by atoms with Crippen LogP contribution in [0.4, 0.5) is 0 Å². The highest BCUT2D eigenvalue weighted by Crippen LogP contribution is 2.40. The normalized spacial score (nSPS) is 11.8. The van der Waals surface area contributed by atoms with Gasteiger partial charge in [-0.05, 0) is 67.8 Å². The van der Waals surface area contributed by atoms with Crippen LogP contribution >= 0.6 is 22.7 Å². The molecule has 30 heavy (non-hydrogen) atoms. The minimum Gasteiger partial charge on any atom is -0.443 e. The highest BCUT2D eigenvalue weighted by molar-refractivity contribution is 7.22. The van der Waals surface area contributed by atoms with Crippen LogP contribution in [0.3, 0.4) is 0 Å². The fraction of sp³-hybridized carbons (Fsp3) is 0.125. The third-order valence-corrected chi connectivity index (χ3v) is 7.81. The van der Waals surface area contributed by atoms with Gasteiger partial charge in [0.05, 0.1) is 20.4 Å². The van der Waals surface area contributed by atoms with E-state index in [0.29, 0.717) is 0 Å². The third kappa shape index (κ3) is 2.61. The van der Waals surface area contributed by atoms with Crippen LogP contribution in [-0.2, 0) is 0 Å². The molecule has 0 bridgehead atoms. The minimum absolute atomic E-state index is 0.837. The lowest BCUT2D eigenvalue weighted by molar-refractivity contribution is 0.600. The predicted octanol–water partition coefficient (Wildman–Crippen LogP) is 7.31. The fourth-order valence-electron chi connectivity index (χ4n) is 3.94. The van der Waals surface area contributed by atoms with E-state index < -0.39 is 0 Å². The second-order valence-corrected chi connectivity index (χ2v) is 9.57. The zero-order valence-electron chi connectivity index (χ0n) is 16.7. The summed E-state index contributed by atoms with van der Waals surface area (Å²) in [7, 11) is 0. The van der Waals surface area contributed by atoms with Crippen molar-refractivity contribution >= 4 is 54.2 Å². The van der Waals surface area contributed by atoms with Gasteiger partial charge >= 0.3 is 0 Å². The largest absolute Gasteiger partial charge is 0.443 e. The van der Waals surface area contributed by atoms with Crippen LogP contribution in [0.5, 0.6) is 0 Å². The number of rotatable bonds is 2. The Hall–Kier alpha value is -3.09.